The van der Waals surface area contributed by atoms with Crippen LogP contribution in [0.25, 0.3) is 10.8 Å². The number of amides is 2. The number of aromatic nitrogens is 2. The Morgan fingerprint density at radius 1 is 1.05 bits per heavy atom. The van der Waals surface area contributed by atoms with Crippen LogP contribution in [0.2, 0.25) is 10.0 Å². The van der Waals surface area contributed by atoms with Gasteiger partial charge in [-0.15, -0.1) is 0 Å². The highest BCUT2D eigenvalue weighted by atomic mass is 35.5. The van der Waals surface area contributed by atoms with Gasteiger partial charge >= 0.3 is 0 Å². The maximum atomic E-state index is 13.8. The molecule has 2 amide bonds. The predicted octanol–water partition coefficient (Wildman–Crippen LogP) is 5.32. The third kappa shape index (κ3) is 7.50. The SMILES string of the molecule is Cc1ccc2ccc(CC(=O)N3C[C@H](CCCc4cnc(N)[nH]4)N(C(=O)[C@H](N)Cc4ccc(Cl)cc4Cl)C[C@H]3C)cc2c1. The van der Waals surface area contributed by atoms with Gasteiger partial charge in [0.1, 0.15) is 0 Å². The van der Waals surface area contributed by atoms with Gasteiger partial charge in [0.2, 0.25) is 11.8 Å². The Balaban J connectivity index is 1.31. The third-order valence-corrected chi connectivity index (χ3v) is 8.85. The van der Waals surface area contributed by atoms with Gasteiger partial charge in [-0.05, 0) is 73.6 Å². The number of H-pyrrole nitrogens is 1. The highest BCUT2D eigenvalue weighted by molar-refractivity contribution is 6.35. The van der Waals surface area contributed by atoms with Gasteiger partial charge in [0.25, 0.3) is 0 Å². The van der Waals surface area contributed by atoms with Crippen molar-refractivity contribution < 1.29 is 9.59 Å². The summed E-state index contributed by atoms with van der Waals surface area (Å²) in [6.45, 7) is 4.91. The summed E-state index contributed by atoms with van der Waals surface area (Å²) < 4.78 is 0. The number of nitrogens with two attached hydrogens (primary N) is 2. The number of hydrogen-bond acceptors (Lipinski definition) is 5. The second-order valence-corrected chi connectivity index (χ2v) is 12.5. The Bertz CT molecular complexity index is 1620. The minimum Gasteiger partial charge on any atom is -0.369 e. The molecule has 1 saturated heterocycles. The molecule has 0 aliphatic carbocycles. The van der Waals surface area contributed by atoms with Crippen LogP contribution in [0.4, 0.5) is 5.95 Å². The molecule has 3 atom stereocenters. The number of nitrogen functional groups attached to an aromatic ring is 1. The minimum absolute atomic E-state index is 0.0511. The van der Waals surface area contributed by atoms with Crippen LogP contribution in [0.5, 0.6) is 0 Å². The number of anilines is 1. The van der Waals surface area contributed by atoms with Crippen molar-refractivity contribution in [3.8, 4) is 0 Å². The molecule has 0 saturated carbocycles. The van der Waals surface area contributed by atoms with Crippen molar-refractivity contribution in [2.45, 2.75) is 64.1 Å². The van der Waals surface area contributed by atoms with Gasteiger partial charge in [-0.25, -0.2) is 4.98 Å². The monoisotopic (exact) mass is 620 g/mol. The van der Waals surface area contributed by atoms with Crippen LogP contribution < -0.4 is 11.5 Å². The first-order chi connectivity index (χ1) is 20.6. The zero-order chi connectivity index (χ0) is 30.7. The Labute approximate surface area is 262 Å². The highest BCUT2D eigenvalue weighted by Crippen LogP contribution is 2.26. The number of carbonyl (C=O) groups is 2. The van der Waals surface area contributed by atoms with Crippen LogP contribution in [-0.4, -0.2) is 62.8 Å². The van der Waals surface area contributed by atoms with E-state index in [-0.39, 0.29) is 23.9 Å². The molecule has 4 aromatic rings. The number of hydrogen-bond donors (Lipinski definition) is 3. The van der Waals surface area contributed by atoms with Crippen molar-refractivity contribution in [3.05, 3.63) is 93.2 Å². The number of imidazole rings is 1. The quantitative estimate of drug-likeness (QED) is 0.234. The standard InChI is InChI=1S/C33H38Cl2N6O2/c1-20-6-8-23-9-7-22(13-25(23)12-20)14-31(42)40-19-28(5-3-4-27-17-38-33(37)39-27)41(18-21(40)2)32(43)30(36)15-24-10-11-26(34)16-29(24)35/h6-13,16-17,21,28,30H,3-5,14-15,18-19,36H2,1-2H3,(H3,37,38,39)/t21-,28+,30-/m1/s1. The lowest BCUT2D eigenvalue weighted by Crippen LogP contribution is -2.63. The average Bonchev–Trinajstić information content (AvgIpc) is 3.39. The number of aryl methyl sites for hydroxylation is 2. The topological polar surface area (TPSA) is 121 Å². The molecule has 1 fully saturated rings. The van der Waals surface area contributed by atoms with Crippen molar-refractivity contribution in [2.24, 2.45) is 5.73 Å². The second kappa shape index (κ2) is 13.4. The number of halogens is 2. The molecule has 8 nitrogen and oxygen atoms in total. The van der Waals surface area contributed by atoms with Crippen molar-refractivity contribution in [1.29, 1.82) is 0 Å². The Kier molecular flexibility index (Phi) is 9.59. The molecule has 2 heterocycles. The molecule has 3 aromatic carbocycles. The van der Waals surface area contributed by atoms with Gasteiger partial charge in [-0.2, -0.15) is 0 Å². The number of piperazine rings is 1. The Morgan fingerprint density at radius 2 is 1.84 bits per heavy atom. The first kappa shape index (κ1) is 30.9. The lowest BCUT2D eigenvalue weighted by Gasteiger charge is -2.46. The summed E-state index contributed by atoms with van der Waals surface area (Å²) in [7, 11) is 0. The first-order valence-electron chi connectivity index (χ1n) is 14.7. The summed E-state index contributed by atoms with van der Waals surface area (Å²) in [6.07, 6.45) is 4.55. The summed E-state index contributed by atoms with van der Waals surface area (Å²) >= 11 is 12.4. The molecule has 43 heavy (non-hydrogen) atoms. The number of benzene rings is 3. The fraction of sp³-hybridized carbons (Fsp3) is 0.364. The zero-order valence-corrected chi connectivity index (χ0v) is 26.0. The maximum Gasteiger partial charge on any atom is 0.240 e. The van der Waals surface area contributed by atoms with Gasteiger partial charge in [0, 0.05) is 40.9 Å². The van der Waals surface area contributed by atoms with E-state index in [9.17, 15) is 9.59 Å². The summed E-state index contributed by atoms with van der Waals surface area (Å²) in [5.41, 5.74) is 16.1. The van der Waals surface area contributed by atoms with E-state index >= 15 is 0 Å². The number of carbonyl (C=O) groups excluding carboxylic acids is 2. The normalized spacial score (nSPS) is 17.8. The Morgan fingerprint density at radius 3 is 2.58 bits per heavy atom. The van der Waals surface area contributed by atoms with Crippen LogP contribution >= 0.6 is 23.2 Å². The number of nitrogens with one attached hydrogen (secondary N) is 1. The number of nitrogens with zero attached hydrogens (tertiary/aromatic N) is 3. The molecular weight excluding hydrogens is 583 g/mol. The van der Waals surface area contributed by atoms with Gasteiger partial charge < -0.3 is 26.3 Å². The first-order valence-corrected chi connectivity index (χ1v) is 15.4. The van der Waals surface area contributed by atoms with E-state index in [0.29, 0.717) is 48.3 Å². The molecule has 1 aliphatic heterocycles. The van der Waals surface area contributed by atoms with E-state index in [1.54, 1.807) is 24.4 Å². The molecule has 0 radical (unpaired) electrons. The molecule has 0 bridgehead atoms. The second-order valence-electron chi connectivity index (χ2n) is 11.6. The van der Waals surface area contributed by atoms with Gasteiger partial charge in [0.05, 0.1) is 18.7 Å². The molecule has 5 rings (SSSR count). The molecule has 1 aromatic heterocycles. The fourth-order valence-electron chi connectivity index (χ4n) is 5.96. The molecule has 5 N–H and O–H groups in total. The van der Waals surface area contributed by atoms with Gasteiger partial charge in [-0.1, -0.05) is 71.2 Å². The van der Waals surface area contributed by atoms with Crippen LogP contribution in [0.1, 0.15) is 42.1 Å². The van der Waals surface area contributed by atoms with E-state index in [0.717, 1.165) is 40.4 Å². The molecule has 226 valence electrons. The molecule has 10 heteroatoms. The lowest BCUT2D eigenvalue weighted by molar-refractivity contribution is -0.147. The number of aromatic amines is 1. The smallest absolute Gasteiger partial charge is 0.240 e. The summed E-state index contributed by atoms with van der Waals surface area (Å²) in [4.78, 5) is 38.4. The molecule has 0 spiro atoms. The van der Waals surface area contributed by atoms with Crippen LogP contribution in [-0.2, 0) is 28.9 Å². The summed E-state index contributed by atoms with van der Waals surface area (Å²) in [5.74, 6) is 0.284. The van der Waals surface area contributed by atoms with Crippen LogP contribution in [0, 0.1) is 6.92 Å². The van der Waals surface area contributed by atoms with Crippen molar-refractivity contribution in [3.63, 3.8) is 0 Å². The molecule has 0 unspecified atom stereocenters. The molecular formula is C33H38Cl2N6O2. The van der Waals surface area contributed by atoms with Crippen molar-refractivity contribution in [1.82, 2.24) is 19.8 Å². The number of fused-ring (bicyclic) bond motifs is 1. The minimum atomic E-state index is -0.774. The van der Waals surface area contributed by atoms with Crippen LogP contribution in [0.15, 0.2) is 60.8 Å². The van der Waals surface area contributed by atoms with Crippen LogP contribution in [0.3, 0.4) is 0 Å². The van der Waals surface area contributed by atoms with Crippen molar-refractivity contribution in [2.75, 3.05) is 18.8 Å². The van der Waals surface area contributed by atoms with E-state index in [1.807, 2.05) is 22.8 Å². The summed E-state index contributed by atoms with van der Waals surface area (Å²) in [5, 5.41) is 3.29. The summed E-state index contributed by atoms with van der Waals surface area (Å²) in [6, 6.07) is 16.6. The Hall–Kier alpha value is -3.59. The fourth-order valence-corrected chi connectivity index (χ4v) is 6.45. The number of rotatable bonds is 9. The van der Waals surface area contributed by atoms with E-state index < -0.39 is 6.04 Å². The van der Waals surface area contributed by atoms with Gasteiger partial charge in [-0.3, -0.25) is 9.59 Å². The third-order valence-electron chi connectivity index (χ3n) is 8.26. The largest absolute Gasteiger partial charge is 0.369 e. The average molecular weight is 622 g/mol. The van der Waals surface area contributed by atoms with Crippen molar-refractivity contribution >= 4 is 51.7 Å². The van der Waals surface area contributed by atoms with Gasteiger partial charge in [0.15, 0.2) is 5.95 Å². The lowest BCUT2D eigenvalue weighted by atomic mass is 9.97. The molecule has 1 aliphatic rings. The predicted molar refractivity (Wildman–Crippen MR) is 173 cm³/mol. The highest BCUT2D eigenvalue weighted by Gasteiger charge is 2.38. The zero-order valence-electron chi connectivity index (χ0n) is 24.5. The van der Waals surface area contributed by atoms with E-state index in [4.69, 9.17) is 34.7 Å². The van der Waals surface area contributed by atoms with E-state index in [2.05, 4.69) is 47.2 Å². The maximum absolute atomic E-state index is 13.8. The van der Waals surface area contributed by atoms with E-state index in [1.165, 1.54) is 5.56 Å².